The Morgan fingerprint density at radius 3 is 2.83 bits per heavy atom. The van der Waals surface area contributed by atoms with Crippen LogP contribution in [-0.2, 0) is 4.74 Å². The van der Waals surface area contributed by atoms with Gasteiger partial charge in [0.05, 0.1) is 12.7 Å². The second kappa shape index (κ2) is 4.77. The van der Waals surface area contributed by atoms with Crippen LogP contribution in [0.5, 0.6) is 0 Å². The van der Waals surface area contributed by atoms with E-state index in [1.165, 1.54) is 38.5 Å². The molecule has 0 aromatic heterocycles. The molecule has 3 heteroatoms. The molecule has 3 rings (SSSR count). The highest BCUT2D eigenvalue weighted by atomic mass is 16.5. The lowest BCUT2D eigenvalue weighted by Crippen LogP contribution is -2.60. The second-order valence-corrected chi connectivity index (χ2v) is 7.28. The number of ether oxygens (including phenoxy) is 1. The van der Waals surface area contributed by atoms with E-state index in [0.717, 1.165) is 13.2 Å². The number of morpholine rings is 1. The molecule has 4 atom stereocenters. The van der Waals surface area contributed by atoms with Gasteiger partial charge in [0.15, 0.2) is 0 Å². The lowest BCUT2D eigenvalue weighted by molar-refractivity contribution is -0.0868. The number of hydrogen-bond acceptors (Lipinski definition) is 3. The minimum absolute atomic E-state index is 0.373. The van der Waals surface area contributed by atoms with Gasteiger partial charge in [0.1, 0.15) is 0 Å². The maximum atomic E-state index is 6.43. The molecule has 3 aliphatic rings. The van der Waals surface area contributed by atoms with Crippen LogP contribution >= 0.6 is 0 Å². The van der Waals surface area contributed by atoms with Gasteiger partial charge < -0.3 is 10.5 Å². The summed E-state index contributed by atoms with van der Waals surface area (Å²) in [6.45, 7) is 6.80. The molecule has 1 heterocycles. The van der Waals surface area contributed by atoms with Gasteiger partial charge in [0.25, 0.3) is 0 Å². The fourth-order valence-electron chi connectivity index (χ4n) is 4.30. The van der Waals surface area contributed by atoms with E-state index >= 15 is 0 Å². The van der Waals surface area contributed by atoms with Crippen LogP contribution in [0.15, 0.2) is 0 Å². The molecule has 104 valence electrons. The number of fused-ring (bicyclic) bond motifs is 1. The zero-order valence-electron chi connectivity index (χ0n) is 11.9. The van der Waals surface area contributed by atoms with Gasteiger partial charge in [-0.3, -0.25) is 4.90 Å². The third-order valence-electron chi connectivity index (χ3n) is 5.36. The fourth-order valence-corrected chi connectivity index (χ4v) is 4.30. The first-order chi connectivity index (χ1) is 8.57. The van der Waals surface area contributed by atoms with Crippen molar-refractivity contribution in [2.75, 3.05) is 13.2 Å². The van der Waals surface area contributed by atoms with E-state index in [1.54, 1.807) is 0 Å². The largest absolute Gasteiger partial charge is 0.375 e. The Hall–Kier alpha value is -0.120. The third kappa shape index (κ3) is 2.33. The smallest absolute Gasteiger partial charge is 0.0731 e. The first-order valence-corrected chi connectivity index (χ1v) is 7.70. The van der Waals surface area contributed by atoms with Crippen LogP contribution in [-0.4, -0.2) is 42.3 Å². The van der Waals surface area contributed by atoms with E-state index in [9.17, 15) is 0 Å². The maximum absolute atomic E-state index is 6.43. The van der Waals surface area contributed by atoms with E-state index in [-0.39, 0.29) is 0 Å². The molecule has 1 aliphatic heterocycles. The molecule has 0 amide bonds. The fraction of sp³-hybridized carbons (Fsp3) is 1.00. The summed E-state index contributed by atoms with van der Waals surface area (Å²) in [5.74, 6) is 0. The number of nitrogens with zero attached hydrogens (tertiary/aromatic N) is 1. The average Bonchev–Trinajstić information content (AvgIpc) is 2.80. The lowest BCUT2D eigenvalue weighted by atomic mass is 9.72. The summed E-state index contributed by atoms with van der Waals surface area (Å²) in [5.41, 5.74) is 6.90. The predicted octanol–water partition coefficient (Wildman–Crippen LogP) is 2.15. The van der Waals surface area contributed by atoms with E-state index in [2.05, 4.69) is 18.7 Å². The number of hydrogen-bond donors (Lipinski definition) is 1. The highest BCUT2D eigenvalue weighted by Gasteiger charge is 2.43. The van der Waals surface area contributed by atoms with Crippen molar-refractivity contribution in [1.29, 1.82) is 0 Å². The normalized spacial score (nSPS) is 44.8. The molecule has 2 aliphatic carbocycles. The summed E-state index contributed by atoms with van der Waals surface area (Å²) >= 11 is 0. The Kier molecular flexibility index (Phi) is 3.41. The topological polar surface area (TPSA) is 38.5 Å². The van der Waals surface area contributed by atoms with Crippen molar-refractivity contribution in [2.45, 2.75) is 76.6 Å². The van der Waals surface area contributed by atoms with Crippen LogP contribution in [0, 0.1) is 5.41 Å². The SMILES string of the molecule is CC1(C)CCC(N)C(N2CCOC3CCCC32)C1. The highest BCUT2D eigenvalue weighted by molar-refractivity contribution is 4.99. The van der Waals surface area contributed by atoms with Crippen molar-refractivity contribution in [3.63, 3.8) is 0 Å². The molecule has 2 N–H and O–H groups in total. The quantitative estimate of drug-likeness (QED) is 0.777. The molecule has 2 saturated carbocycles. The van der Waals surface area contributed by atoms with Crippen molar-refractivity contribution in [3.05, 3.63) is 0 Å². The van der Waals surface area contributed by atoms with Crippen LogP contribution in [0.4, 0.5) is 0 Å². The molecule has 1 saturated heterocycles. The van der Waals surface area contributed by atoms with Crippen LogP contribution in [0.3, 0.4) is 0 Å². The van der Waals surface area contributed by atoms with Crippen LogP contribution in [0.2, 0.25) is 0 Å². The summed E-state index contributed by atoms with van der Waals surface area (Å²) in [6.07, 6.45) is 8.13. The standard InChI is InChI=1S/C15H28N2O/c1-15(2)7-6-11(16)13(10-15)17-8-9-18-14-5-3-4-12(14)17/h11-14H,3-10,16H2,1-2H3. The van der Waals surface area contributed by atoms with Gasteiger partial charge in [0, 0.05) is 24.7 Å². The molecule has 0 aromatic carbocycles. The monoisotopic (exact) mass is 252 g/mol. The molecule has 4 unspecified atom stereocenters. The average molecular weight is 252 g/mol. The summed E-state index contributed by atoms with van der Waals surface area (Å²) in [4.78, 5) is 2.72. The van der Waals surface area contributed by atoms with Gasteiger partial charge in [-0.2, -0.15) is 0 Å². The number of nitrogens with two attached hydrogens (primary N) is 1. The van der Waals surface area contributed by atoms with Gasteiger partial charge in [-0.1, -0.05) is 13.8 Å². The summed E-state index contributed by atoms with van der Waals surface area (Å²) in [7, 11) is 0. The molecule has 18 heavy (non-hydrogen) atoms. The molecule has 0 aromatic rings. The third-order valence-corrected chi connectivity index (χ3v) is 5.36. The van der Waals surface area contributed by atoms with Gasteiger partial charge >= 0.3 is 0 Å². The minimum Gasteiger partial charge on any atom is -0.375 e. The molecule has 0 bridgehead atoms. The van der Waals surface area contributed by atoms with Gasteiger partial charge in [-0.05, 0) is 43.9 Å². The van der Waals surface area contributed by atoms with Crippen LogP contribution < -0.4 is 5.73 Å². The van der Waals surface area contributed by atoms with E-state index in [0.29, 0.717) is 29.6 Å². The zero-order chi connectivity index (χ0) is 12.8. The molecule has 3 nitrogen and oxygen atoms in total. The van der Waals surface area contributed by atoms with Gasteiger partial charge in [0.2, 0.25) is 0 Å². The predicted molar refractivity (Wildman–Crippen MR) is 73.5 cm³/mol. The van der Waals surface area contributed by atoms with E-state index in [4.69, 9.17) is 10.5 Å². The zero-order valence-corrected chi connectivity index (χ0v) is 11.9. The van der Waals surface area contributed by atoms with Crippen molar-refractivity contribution >= 4 is 0 Å². The van der Waals surface area contributed by atoms with Gasteiger partial charge in [-0.25, -0.2) is 0 Å². The first kappa shape index (κ1) is 12.9. The van der Waals surface area contributed by atoms with Gasteiger partial charge in [-0.15, -0.1) is 0 Å². The maximum Gasteiger partial charge on any atom is 0.0731 e. The summed E-state index contributed by atoms with van der Waals surface area (Å²) in [6, 6.07) is 1.62. The molecule has 3 fully saturated rings. The Morgan fingerprint density at radius 2 is 2.00 bits per heavy atom. The number of rotatable bonds is 1. The van der Waals surface area contributed by atoms with Crippen molar-refractivity contribution in [2.24, 2.45) is 11.1 Å². The Bertz CT molecular complexity index is 305. The second-order valence-electron chi connectivity index (χ2n) is 7.28. The Morgan fingerprint density at radius 1 is 1.17 bits per heavy atom. The molecular formula is C15H28N2O. The minimum atomic E-state index is 0.373. The van der Waals surface area contributed by atoms with E-state index < -0.39 is 0 Å². The van der Waals surface area contributed by atoms with Crippen molar-refractivity contribution in [1.82, 2.24) is 4.90 Å². The van der Waals surface area contributed by atoms with E-state index in [1.807, 2.05) is 0 Å². The first-order valence-electron chi connectivity index (χ1n) is 7.70. The van der Waals surface area contributed by atoms with Crippen molar-refractivity contribution < 1.29 is 4.74 Å². The lowest BCUT2D eigenvalue weighted by Gasteiger charge is -2.49. The molecule has 0 spiro atoms. The summed E-state index contributed by atoms with van der Waals surface area (Å²) in [5, 5.41) is 0. The Balaban J connectivity index is 1.75. The molecule has 0 radical (unpaired) electrons. The van der Waals surface area contributed by atoms with Crippen LogP contribution in [0.25, 0.3) is 0 Å². The molecular weight excluding hydrogens is 224 g/mol. The van der Waals surface area contributed by atoms with Crippen LogP contribution in [0.1, 0.15) is 52.4 Å². The Labute approximate surface area is 111 Å². The summed E-state index contributed by atoms with van der Waals surface area (Å²) < 4.78 is 5.93. The highest BCUT2D eigenvalue weighted by Crippen LogP contribution is 2.40. The van der Waals surface area contributed by atoms with Crippen molar-refractivity contribution in [3.8, 4) is 0 Å².